The van der Waals surface area contributed by atoms with E-state index in [4.69, 9.17) is 0 Å². The van der Waals surface area contributed by atoms with Gasteiger partial charge in [0.2, 0.25) is 5.91 Å². The molecule has 1 aromatic carbocycles. The maximum atomic E-state index is 13.0. The van der Waals surface area contributed by atoms with Gasteiger partial charge in [-0.2, -0.15) is 0 Å². The highest BCUT2D eigenvalue weighted by Crippen LogP contribution is 2.31. The van der Waals surface area contributed by atoms with Crippen LogP contribution in [0.2, 0.25) is 0 Å². The summed E-state index contributed by atoms with van der Waals surface area (Å²) in [6, 6.07) is 8.30. The van der Waals surface area contributed by atoms with Crippen LogP contribution in [-0.2, 0) is 4.79 Å². The molecule has 31 heavy (non-hydrogen) atoms. The number of carbonyl (C=O) groups excluding carboxylic acids is 2. The Bertz CT molecular complexity index is 1140. The molecule has 4 rings (SSSR count). The molecule has 1 unspecified atom stereocenters. The zero-order valence-electron chi connectivity index (χ0n) is 18.3. The molecule has 2 amide bonds. The van der Waals surface area contributed by atoms with Crippen LogP contribution in [0.15, 0.2) is 30.5 Å². The van der Waals surface area contributed by atoms with Gasteiger partial charge in [0, 0.05) is 44.5 Å². The second kappa shape index (κ2) is 8.63. The lowest BCUT2D eigenvalue weighted by Crippen LogP contribution is -2.40. The lowest BCUT2D eigenvalue weighted by atomic mass is 9.96. The van der Waals surface area contributed by atoms with Crippen molar-refractivity contribution >= 4 is 44.9 Å². The van der Waals surface area contributed by atoms with Gasteiger partial charge in [0.25, 0.3) is 5.91 Å². The van der Waals surface area contributed by atoms with E-state index in [2.05, 4.69) is 39.2 Å². The van der Waals surface area contributed by atoms with Gasteiger partial charge < -0.3 is 15.1 Å². The normalized spacial score (nSPS) is 16.4. The van der Waals surface area contributed by atoms with Crippen LogP contribution in [0.1, 0.15) is 33.8 Å². The van der Waals surface area contributed by atoms with Gasteiger partial charge in [-0.3, -0.25) is 14.6 Å². The highest BCUT2D eigenvalue weighted by atomic mass is 32.1. The van der Waals surface area contributed by atoms with E-state index in [9.17, 15) is 9.59 Å². The molecule has 1 N–H and O–H groups in total. The highest BCUT2D eigenvalue weighted by molar-refractivity contribution is 7.17. The Morgan fingerprint density at radius 2 is 2.03 bits per heavy atom. The number of aryl methyl sites for hydroxylation is 2. The fourth-order valence-electron chi connectivity index (χ4n) is 3.99. The SMILES string of the molecule is Cc1ccc2nccc(N3CCCC(C(=O)Nc4nc(C)c(C(=O)N(C)C)s4)C3)c2c1. The smallest absolute Gasteiger partial charge is 0.265 e. The van der Waals surface area contributed by atoms with E-state index < -0.39 is 0 Å². The molecule has 0 spiro atoms. The predicted octanol–water partition coefficient (Wildman–Crippen LogP) is 3.87. The van der Waals surface area contributed by atoms with Crippen LogP contribution in [0.4, 0.5) is 10.8 Å². The number of aromatic nitrogens is 2. The topological polar surface area (TPSA) is 78.4 Å². The first-order valence-corrected chi connectivity index (χ1v) is 11.3. The van der Waals surface area contributed by atoms with Crippen LogP contribution in [0.5, 0.6) is 0 Å². The Hall–Kier alpha value is -3.00. The average molecular weight is 438 g/mol. The van der Waals surface area contributed by atoms with Crippen molar-refractivity contribution in [1.29, 1.82) is 0 Å². The average Bonchev–Trinajstić information content (AvgIpc) is 3.12. The van der Waals surface area contributed by atoms with Crippen molar-refractivity contribution < 1.29 is 9.59 Å². The van der Waals surface area contributed by atoms with Crippen LogP contribution >= 0.6 is 11.3 Å². The summed E-state index contributed by atoms with van der Waals surface area (Å²) in [5.74, 6) is -0.282. The quantitative estimate of drug-likeness (QED) is 0.670. The molecule has 8 heteroatoms. The van der Waals surface area contributed by atoms with Crippen LogP contribution in [0.25, 0.3) is 10.9 Å². The summed E-state index contributed by atoms with van der Waals surface area (Å²) in [6.45, 7) is 5.43. The second-order valence-corrected chi connectivity index (χ2v) is 9.26. The summed E-state index contributed by atoms with van der Waals surface area (Å²) in [6.07, 6.45) is 3.60. The first-order valence-electron chi connectivity index (χ1n) is 10.4. The molecular weight excluding hydrogens is 410 g/mol. The van der Waals surface area contributed by atoms with Crippen molar-refractivity contribution in [2.75, 3.05) is 37.4 Å². The number of fused-ring (bicyclic) bond motifs is 1. The molecule has 1 aliphatic heterocycles. The Balaban J connectivity index is 1.51. The Kier molecular flexibility index (Phi) is 5.91. The first-order chi connectivity index (χ1) is 14.8. The molecule has 3 heterocycles. The van der Waals surface area contributed by atoms with E-state index in [-0.39, 0.29) is 17.7 Å². The molecule has 1 atom stereocenters. The van der Waals surface area contributed by atoms with Gasteiger partial charge in [-0.25, -0.2) is 4.98 Å². The third kappa shape index (κ3) is 4.39. The van der Waals surface area contributed by atoms with Crippen molar-refractivity contribution in [3.63, 3.8) is 0 Å². The lowest BCUT2D eigenvalue weighted by molar-refractivity contribution is -0.120. The molecule has 3 aromatic rings. The number of hydrogen-bond acceptors (Lipinski definition) is 6. The van der Waals surface area contributed by atoms with E-state index >= 15 is 0 Å². The number of rotatable bonds is 4. The number of piperidine rings is 1. The third-order valence-corrected chi connectivity index (χ3v) is 6.69. The van der Waals surface area contributed by atoms with Gasteiger partial charge in [-0.05, 0) is 44.9 Å². The summed E-state index contributed by atoms with van der Waals surface area (Å²) in [4.78, 5) is 38.5. The summed E-state index contributed by atoms with van der Waals surface area (Å²) in [5, 5.41) is 4.54. The van der Waals surface area contributed by atoms with Crippen molar-refractivity contribution in [3.8, 4) is 0 Å². The molecule has 0 saturated carbocycles. The van der Waals surface area contributed by atoms with Crippen molar-refractivity contribution in [2.24, 2.45) is 5.92 Å². The summed E-state index contributed by atoms with van der Waals surface area (Å²) in [7, 11) is 3.42. The molecule has 1 fully saturated rings. The van der Waals surface area contributed by atoms with Gasteiger partial charge in [-0.15, -0.1) is 0 Å². The van der Waals surface area contributed by atoms with Gasteiger partial charge >= 0.3 is 0 Å². The molecular formula is C23H27N5O2S. The number of thiazole rings is 1. The van der Waals surface area contributed by atoms with Crippen LogP contribution in [0, 0.1) is 19.8 Å². The van der Waals surface area contributed by atoms with E-state index in [0.29, 0.717) is 22.2 Å². The highest BCUT2D eigenvalue weighted by Gasteiger charge is 2.28. The third-order valence-electron chi connectivity index (χ3n) is 5.63. The summed E-state index contributed by atoms with van der Waals surface area (Å²) >= 11 is 1.23. The van der Waals surface area contributed by atoms with E-state index in [1.165, 1.54) is 21.8 Å². The molecule has 0 aliphatic carbocycles. The number of nitrogens with zero attached hydrogens (tertiary/aromatic N) is 4. The maximum absolute atomic E-state index is 13.0. The van der Waals surface area contributed by atoms with Gasteiger partial charge in [0.05, 0.1) is 17.1 Å². The number of carbonyl (C=O) groups is 2. The van der Waals surface area contributed by atoms with Crippen LogP contribution in [-0.4, -0.2) is 53.9 Å². The van der Waals surface area contributed by atoms with Crippen molar-refractivity contribution in [1.82, 2.24) is 14.9 Å². The number of nitrogens with one attached hydrogen (secondary N) is 1. The monoisotopic (exact) mass is 437 g/mol. The molecule has 0 bridgehead atoms. The fourth-order valence-corrected chi connectivity index (χ4v) is 4.98. The summed E-state index contributed by atoms with van der Waals surface area (Å²) < 4.78 is 0. The van der Waals surface area contributed by atoms with E-state index in [1.807, 2.05) is 18.3 Å². The van der Waals surface area contributed by atoms with Crippen molar-refractivity contribution in [3.05, 3.63) is 46.6 Å². The minimum atomic E-state index is -0.140. The number of amides is 2. The zero-order valence-corrected chi connectivity index (χ0v) is 19.1. The Morgan fingerprint density at radius 3 is 2.81 bits per heavy atom. The van der Waals surface area contributed by atoms with Crippen LogP contribution in [0.3, 0.4) is 0 Å². The van der Waals surface area contributed by atoms with Crippen LogP contribution < -0.4 is 10.2 Å². The minimum absolute atomic E-state index is 0.0446. The lowest BCUT2D eigenvalue weighted by Gasteiger charge is -2.34. The molecule has 0 radical (unpaired) electrons. The molecule has 7 nitrogen and oxygen atoms in total. The zero-order chi connectivity index (χ0) is 22.1. The minimum Gasteiger partial charge on any atom is -0.370 e. The number of anilines is 2. The molecule has 162 valence electrons. The van der Waals surface area contributed by atoms with Gasteiger partial charge in [0.15, 0.2) is 5.13 Å². The van der Waals surface area contributed by atoms with E-state index in [1.54, 1.807) is 21.0 Å². The number of benzene rings is 1. The fraction of sp³-hybridized carbons (Fsp3) is 0.391. The number of pyridine rings is 1. The summed E-state index contributed by atoms with van der Waals surface area (Å²) in [5.41, 5.74) is 3.92. The molecule has 2 aromatic heterocycles. The Labute approximate surface area is 186 Å². The first kappa shape index (κ1) is 21.2. The largest absolute Gasteiger partial charge is 0.370 e. The van der Waals surface area contributed by atoms with Crippen molar-refractivity contribution in [2.45, 2.75) is 26.7 Å². The van der Waals surface area contributed by atoms with Gasteiger partial charge in [-0.1, -0.05) is 23.0 Å². The molecule has 1 saturated heterocycles. The predicted molar refractivity (Wildman–Crippen MR) is 125 cm³/mol. The van der Waals surface area contributed by atoms with E-state index in [0.717, 1.165) is 36.0 Å². The maximum Gasteiger partial charge on any atom is 0.265 e. The standard InChI is InChI=1S/C23H27N5O2S/c1-14-7-8-18-17(12-14)19(9-10-24-18)28-11-5-6-16(13-28)21(29)26-23-25-15(2)20(31-23)22(30)27(3)4/h7-10,12,16H,5-6,11,13H2,1-4H3,(H,25,26,29). The Morgan fingerprint density at radius 1 is 1.23 bits per heavy atom. The number of hydrogen-bond donors (Lipinski definition) is 1. The second-order valence-electron chi connectivity index (χ2n) is 8.26. The van der Waals surface area contributed by atoms with Gasteiger partial charge in [0.1, 0.15) is 4.88 Å². The molecule has 1 aliphatic rings.